The summed E-state index contributed by atoms with van der Waals surface area (Å²) < 4.78 is 6.70. The zero-order valence-electron chi connectivity index (χ0n) is 11.1. The zero-order valence-corrected chi connectivity index (χ0v) is 11.1. The van der Waals surface area contributed by atoms with Crippen LogP contribution in [0.4, 0.5) is 11.4 Å². The first kappa shape index (κ1) is 12.9. The predicted octanol–water partition coefficient (Wildman–Crippen LogP) is 1.57. The fourth-order valence-electron chi connectivity index (χ4n) is 1.78. The Hall–Kier alpha value is -2.50. The fraction of sp³-hybridized carbons (Fsp3) is 0.231. The smallest absolute Gasteiger partial charge is 0.259 e. The number of nitrogens with zero attached hydrogens (tertiary/aromatic N) is 2. The van der Waals surface area contributed by atoms with Gasteiger partial charge in [-0.3, -0.25) is 9.48 Å². The molecule has 6 heteroatoms. The molecule has 1 aromatic carbocycles. The summed E-state index contributed by atoms with van der Waals surface area (Å²) in [5.41, 5.74) is 8.01. The number of amides is 1. The summed E-state index contributed by atoms with van der Waals surface area (Å²) in [6, 6.07) is 5.10. The van der Waals surface area contributed by atoms with Crippen LogP contribution in [0.2, 0.25) is 0 Å². The lowest BCUT2D eigenvalue weighted by atomic mass is 10.2. The summed E-state index contributed by atoms with van der Waals surface area (Å²) >= 11 is 0. The first-order valence-corrected chi connectivity index (χ1v) is 5.76. The van der Waals surface area contributed by atoms with Crippen molar-refractivity contribution < 1.29 is 9.53 Å². The van der Waals surface area contributed by atoms with E-state index < -0.39 is 0 Å². The molecule has 1 aromatic heterocycles. The highest BCUT2D eigenvalue weighted by molar-refractivity contribution is 6.06. The molecule has 0 aliphatic carbocycles. The van der Waals surface area contributed by atoms with E-state index in [9.17, 15) is 4.79 Å². The minimum atomic E-state index is -0.245. The van der Waals surface area contributed by atoms with Gasteiger partial charge in [-0.25, -0.2) is 0 Å². The van der Waals surface area contributed by atoms with E-state index in [0.29, 0.717) is 28.4 Å². The van der Waals surface area contributed by atoms with E-state index in [0.717, 1.165) is 0 Å². The van der Waals surface area contributed by atoms with Gasteiger partial charge in [-0.05, 0) is 19.1 Å². The lowest BCUT2D eigenvalue weighted by Crippen LogP contribution is -2.13. The van der Waals surface area contributed by atoms with Gasteiger partial charge in [-0.15, -0.1) is 0 Å². The van der Waals surface area contributed by atoms with Crippen molar-refractivity contribution in [1.82, 2.24) is 9.78 Å². The van der Waals surface area contributed by atoms with E-state index in [2.05, 4.69) is 10.4 Å². The summed E-state index contributed by atoms with van der Waals surface area (Å²) in [5.74, 6) is 0.387. The van der Waals surface area contributed by atoms with Crippen molar-refractivity contribution in [2.75, 3.05) is 18.2 Å². The zero-order chi connectivity index (χ0) is 14.0. The molecule has 0 aliphatic heterocycles. The van der Waals surface area contributed by atoms with Crippen molar-refractivity contribution in [1.29, 1.82) is 0 Å². The first-order valence-electron chi connectivity index (χ1n) is 5.76. The van der Waals surface area contributed by atoms with Crippen LogP contribution in [0.3, 0.4) is 0 Å². The van der Waals surface area contributed by atoms with Crippen LogP contribution in [0.15, 0.2) is 24.4 Å². The summed E-state index contributed by atoms with van der Waals surface area (Å²) in [4.78, 5) is 12.1. The molecular formula is C13H16N4O2. The highest BCUT2D eigenvalue weighted by atomic mass is 16.5. The van der Waals surface area contributed by atoms with E-state index in [1.54, 1.807) is 50.2 Å². The number of nitrogen functional groups attached to an aromatic ring is 1. The second kappa shape index (κ2) is 5.01. The number of carbonyl (C=O) groups is 1. The molecule has 2 rings (SSSR count). The number of nitrogens with two attached hydrogens (primary N) is 1. The lowest BCUT2D eigenvalue weighted by molar-refractivity contribution is 0.102. The number of aryl methyl sites for hydroxylation is 2. The van der Waals surface area contributed by atoms with E-state index in [1.165, 1.54) is 0 Å². The molecule has 6 nitrogen and oxygen atoms in total. The van der Waals surface area contributed by atoms with E-state index in [-0.39, 0.29) is 5.91 Å². The Bertz CT molecular complexity index is 619. The standard InChI is InChI=1S/C13H16N4O2/c1-8-10(7-17(2)16-8)13(18)15-12-6-9(19-3)4-5-11(12)14/h4-7H,14H2,1-3H3,(H,15,18). The molecule has 0 aliphatic rings. The van der Waals surface area contributed by atoms with Gasteiger partial charge in [0.05, 0.1) is 29.7 Å². The van der Waals surface area contributed by atoms with Crippen LogP contribution in [0.25, 0.3) is 0 Å². The molecule has 1 amide bonds. The van der Waals surface area contributed by atoms with Crippen LogP contribution < -0.4 is 15.8 Å². The number of rotatable bonds is 3. The van der Waals surface area contributed by atoms with Gasteiger partial charge in [0, 0.05) is 19.3 Å². The van der Waals surface area contributed by atoms with Gasteiger partial charge >= 0.3 is 0 Å². The number of carbonyl (C=O) groups excluding carboxylic acids is 1. The lowest BCUT2D eigenvalue weighted by Gasteiger charge is -2.09. The van der Waals surface area contributed by atoms with Gasteiger partial charge in [0.2, 0.25) is 0 Å². The van der Waals surface area contributed by atoms with Crippen LogP contribution in [0, 0.1) is 6.92 Å². The number of aromatic nitrogens is 2. The molecular weight excluding hydrogens is 244 g/mol. The number of hydrogen-bond donors (Lipinski definition) is 2. The molecule has 100 valence electrons. The molecule has 3 N–H and O–H groups in total. The maximum atomic E-state index is 12.1. The third-order valence-corrected chi connectivity index (χ3v) is 2.77. The Morgan fingerprint density at radius 2 is 2.21 bits per heavy atom. The van der Waals surface area contributed by atoms with Crippen LogP contribution in [-0.4, -0.2) is 22.8 Å². The highest BCUT2D eigenvalue weighted by Crippen LogP contribution is 2.25. The molecule has 0 bridgehead atoms. The van der Waals surface area contributed by atoms with Crippen molar-refractivity contribution in [3.05, 3.63) is 35.7 Å². The molecule has 0 saturated heterocycles. The maximum Gasteiger partial charge on any atom is 0.259 e. The topological polar surface area (TPSA) is 82.2 Å². The number of ether oxygens (including phenoxy) is 1. The second-order valence-corrected chi connectivity index (χ2v) is 4.21. The summed E-state index contributed by atoms with van der Waals surface area (Å²) in [7, 11) is 3.33. The van der Waals surface area contributed by atoms with Gasteiger partial charge < -0.3 is 15.8 Å². The van der Waals surface area contributed by atoms with Crippen molar-refractivity contribution in [3.63, 3.8) is 0 Å². The molecule has 2 aromatic rings. The van der Waals surface area contributed by atoms with Crippen molar-refractivity contribution >= 4 is 17.3 Å². The first-order chi connectivity index (χ1) is 9.01. The minimum Gasteiger partial charge on any atom is -0.497 e. The highest BCUT2D eigenvalue weighted by Gasteiger charge is 2.14. The number of methoxy groups -OCH3 is 1. The molecule has 0 spiro atoms. The molecule has 19 heavy (non-hydrogen) atoms. The van der Waals surface area contributed by atoms with E-state index in [4.69, 9.17) is 10.5 Å². The molecule has 0 fully saturated rings. The Morgan fingerprint density at radius 3 is 2.79 bits per heavy atom. The largest absolute Gasteiger partial charge is 0.497 e. The molecule has 0 atom stereocenters. The molecule has 0 saturated carbocycles. The number of anilines is 2. The van der Waals surface area contributed by atoms with Gasteiger partial charge in [0.25, 0.3) is 5.91 Å². The molecule has 0 unspecified atom stereocenters. The van der Waals surface area contributed by atoms with Gasteiger partial charge in [0.1, 0.15) is 5.75 Å². The third kappa shape index (κ3) is 2.67. The molecule has 0 radical (unpaired) electrons. The van der Waals surface area contributed by atoms with Crippen molar-refractivity contribution in [2.45, 2.75) is 6.92 Å². The Morgan fingerprint density at radius 1 is 1.47 bits per heavy atom. The summed E-state index contributed by atoms with van der Waals surface area (Å²) in [6.07, 6.45) is 1.67. The Labute approximate surface area is 111 Å². The number of benzene rings is 1. The third-order valence-electron chi connectivity index (χ3n) is 2.77. The quantitative estimate of drug-likeness (QED) is 0.821. The van der Waals surface area contributed by atoms with Crippen LogP contribution in [0.5, 0.6) is 5.75 Å². The second-order valence-electron chi connectivity index (χ2n) is 4.21. The van der Waals surface area contributed by atoms with E-state index in [1.807, 2.05) is 0 Å². The monoisotopic (exact) mass is 260 g/mol. The van der Waals surface area contributed by atoms with Crippen LogP contribution >= 0.6 is 0 Å². The average Bonchev–Trinajstić information content (AvgIpc) is 2.71. The van der Waals surface area contributed by atoms with Crippen molar-refractivity contribution in [3.8, 4) is 5.75 Å². The normalized spacial score (nSPS) is 10.3. The maximum absolute atomic E-state index is 12.1. The average molecular weight is 260 g/mol. The number of hydrogen-bond acceptors (Lipinski definition) is 4. The van der Waals surface area contributed by atoms with Gasteiger partial charge in [-0.2, -0.15) is 5.10 Å². The Kier molecular flexibility index (Phi) is 3.41. The Balaban J connectivity index is 2.26. The van der Waals surface area contributed by atoms with E-state index >= 15 is 0 Å². The van der Waals surface area contributed by atoms with Crippen LogP contribution in [0.1, 0.15) is 16.1 Å². The number of nitrogens with one attached hydrogen (secondary N) is 1. The minimum absolute atomic E-state index is 0.245. The fourth-order valence-corrected chi connectivity index (χ4v) is 1.78. The van der Waals surface area contributed by atoms with Gasteiger partial charge in [-0.1, -0.05) is 0 Å². The predicted molar refractivity (Wildman–Crippen MR) is 73.3 cm³/mol. The SMILES string of the molecule is COc1ccc(N)c(NC(=O)c2cn(C)nc2C)c1. The summed E-state index contributed by atoms with van der Waals surface area (Å²) in [5, 5.41) is 6.89. The van der Waals surface area contributed by atoms with Gasteiger partial charge in [0.15, 0.2) is 0 Å². The molecule has 1 heterocycles. The van der Waals surface area contributed by atoms with Crippen molar-refractivity contribution in [2.24, 2.45) is 7.05 Å². The summed E-state index contributed by atoms with van der Waals surface area (Å²) in [6.45, 7) is 1.78. The van der Waals surface area contributed by atoms with Crippen LogP contribution in [-0.2, 0) is 7.05 Å².